The second-order valence-corrected chi connectivity index (χ2v) is 15.0. The highest BCUT2D eigenvalue weighted by molar-refractivity contribution is 9.09. The Bertz CT molecular complexity index is 1540. The lowest BCUT2D eigenvalue weighted by Gasteiger charge is -2.49. The number of pyridine rings is 1. The first kappa shape index (κ1) is 28.8. The maximum atomic E-state index is 12.5. The molecule has 234 valence electrons. The number of fused-ring (bicyclic) bond motifs is 3. The Labute approximate surface area is 269 Å². The van der Waals surface area contributed by atoms with Gasteiger partial charge in [-0.2, -0.15) is 0 Å². The monoisotopic (exact) mass is 659 g/mol. The Morgan fingerprint density at radius 1 is 1.05 bits per heavy atom. The first-order chi connectivity index (χ1) is 21.4. The number of piperidine rings is 2. The number of nitrogens with one attached hydrogen (secondary N) is 1. The Hall–Kier alpha value is -2.65. The second-order valence-electron chi connectivity index (χ2n) is 14.4. The van der Waals surface area contributed by atoms with Crippen LogP contribution in [0.15, 0.2) is 30.6 Å². The zero-order valence-corrected chi connectivity index (χ0v) is 27.9. The minimum atomic E-state index is 0.110. The van der Waals surface area contributed by atoms with Crippen LogP contribution in [0.5, 0.6) is 0 Å². The van der Waals surface area contributed by atoms with Gasteiger partial charge in [-0.25, -0.2) is 9.97 Å². The van der Waals surface area contributed by atoms with E-state index < -0.39 is 0 Å². The summed E-state index contributed by atoms with van der Waals surface area (Å²) < 4.78 is 2.24. The van der Waals surface area contributed by atoms with Gasteiger partial charge in [0.1, 0.15) is 5.52 Å². The Balaban J connectivity index is 1.14. The van der Waals surface area contributed by atoms with Gasteiger partial charge in [-0.3, -0.25) is 4.79 Å². The third-order valence-corrected chi connectivity index (χ3v) is 11.8. The first-order valence-corrected chi connectivity index (χ1v) is 18.2. The van der Waals surface area contributed by atoms with Crippen molar-refractivity contribution in [3.63, 3.8) is 0 Å². The first-order valence-electron chi connectivity index (χ1n) is 17.1. The zero-order chi connectivity index (χ0) is 30.0. The summed E-state index contributed by atoms with van der Waals surface area (Å²) in [6.07, 6.45) is 13.1. The van der Waals surface area contributed by atoms with E-state index in [0.717, 1.165) is 61.1 Å². The summed E-state index contributed by atoms with van der Waals surface area (Å²) in [7, 11) is 0. The number of amides is 1. The third-order valence-electron chi connectivity index (χ3n) is 11.3. The molecular formula is C35H46BrN7O. The molecule has 2 aliphatic carbocycles. The Morgan fingerprint density at radius 2 is 1.82 bits per heavy atom. The number of aromatic nitrogens is 3. The van der Waals surface area contributed by atoms with Crippen LogP contribution < -0.4 is 10.2 Å². The van der Waals surface area contributed by atoms with E-state index in [0.29, 0.717) is 23.5 Å². The molecule has 9 heteroatoms. The number of carbonyl (C=O) groups excluding carboxylic acids is 1. The SMILES string of the molecule is CC(C)n1cnc2cc(-c3ccc4c(c3)N([C@H]3C[C@@H](N5CCCCC5)C3)CC43CCN(C(=O)CBr)CC3)nc(NC3CC3)c21. The van der Waals surface area contributed by atoms with Crippen LogP contribution in [0.25, 0.3) is 22.3 Å². The van der Waals surface area contributed by atoms with Gasteiger partial charge in [-0.1, -0.05) is 34.5 Å². The van der Waals surface area contributed by atoms with Crippen molar-refractivity contribution < 1.29 is 4.79 Å². The smallest absolute Gasteiger partial charge is 0.233 e. The number of anilines is 2. The molecule has 4 fully saturated rings. The highest BCUT2D eigenvalue weighted by Crippen LogP contribution is 2.51. The van der Waals surface area contributed by atoms with Crippen LogP contribution >= 0.6 is 15.9 Å². The fourth-order valence-electron chi connectivity index (χ4n) is 8.41. The zero-order valence-electron chi connectivity index (χ0n) is 26.3. The molecule has 2 saturated heterocycles. The highest BCUT2D eigenvalue weighted by atomic mass is 79.9. The molecule has 1 spiro atoms. The number of carbonyl (C=O) groups is 1. The third kappa shape index (κ3) is 5.02. The van der Waals surface area contributed by atoms with Crippen molar-refractivity contribution in [2.75, 3.05) is 48.3 Å². The summed E-state index contributed by atoms with van der Waals surface area (Å²) in [4.78, 5) is 30.2. The van der Waals surface area contributed by atoms with Crippen LogP contribution in [0.3, 0.4) is 0 Å². The predicted octanol–water partition coefficient (Wildman–Crippen LogP) is 6.35. The van der Waals surface area contributed by atoms with Gasteiger partial charge in [0.2, 0.25) is 5.91 Å². The molecule has 1 aromatic carbocycles. The molecule has 3 aromatic rings. The number of nitrogens with zero attached hydrogens (tertiary/aromatic N) is 6. The normalized spacial score (nSPS) is 25.1. The number of hydrogen-bond acceptors (Lipinski definition) is 6. The van der Waals surface area contributed by atoms with Crippen LogP contribution in [0.2, 0.25) is 0 Å². The Kier molecular flexibility index (Phi) is 7.40. The summed E-state index contributed by atoms with van der Waals surface area (Å²) in [6.45, 7) is 9.71. The molecule has 5 heterocycles. The Morgan fingerprint density at radius 3 is 2.52 bits per heavy atom. The van der Waals surface area contributed by atoms with Gasteiger partial charge in [0.25, 0.3) is 0 Å². The number of benzene rings is 1. The van der Waals surface area contributed by atoms with Crippen molar-refractivity contribution in [3.05, 3.63) is 36.2 Å². The van der Waals surface area contributed by atoms with E-state index in [1.165, 1.54) is 74.8 Å². The van der Waals surface area contributed by atoms with Gasteiger partial charge in [-0.05, 0) is 96.0 Å². The number of imidazole rings is 1. The van der Waals surface area contributed by atoms with Crippen molar-refractivity contribution in [1.82, 2.24) is 24.3 Å². The van der Waals surface area contributed by atoms with Gasteiger partial charge >= 0.3 is 0 Å². The lowest BCUT2D eigenvalue weighted by Crippen LogP contribution is -2.56. The van der Waals surface area contributed by atoms with E-state index in [-0.39, 0.29) is 11.3 Å². The van der Waals surface area contributed by atoms with Crippen molar-refractivity contribution in [2.45, 2.75) is 101 Å². The summed E-state index contributed by atoms with van der Waals surface area (Å²) in [5, 5.41) is 4.14. The minimum Gasteiger partial charge on any atom is -0.367 e. The van der Waals surface area contributed by atoms with Crippen molar-refractivity contribution in [1.29, 1.82) is 0 Å². The van der Waals surface area contributed by atoms with Crippen LogP contribution in [-0.4, -0.2) is 86.4 Å². The largest absolute Gasteiger partial charge is 0.367 e. The molecular weight excluding hydrogens is 614 g/mol. The van der Waals surface area contributed by atoms with E-state index in [4.69, 9.17) is 9.97 Å². The molecule has 3 aliphatic heterocycles. The summed E-state index contributed by atoms with van der Waals surface area (Å²) >= 11 is 3.39. The van der Waals surface area contributed by atoms with Crippen LogP contribution in [0.4, 0.5) is 11.5 Å². The molecule has 8 rings (SSSR count). The molecule has 2 saturated carbocycles. The average Bonchev–Trinajstić information content (AvgIpc) is 3.65. The number of likely N-dealkylation sites (tertiary alicyclic amines) is 2. The van der Waals surface area contributed by atoms with Gasteiger partial charge in [0, 0.05) is 60.5 Å². The summed E-state index contributed by atoms with van der Waals surface area (Å²) in [6, 6.07) is 11.5. The average molecular weight is 661 g/mol. The minimum absolute atomic E-state index is 0.110. The highest BCUT2D eigenvalue weighted by Gasteiger charge is 2.49. The van der Waals surface area contributed by atoms with Gasteiger partial charge < -0.3 is 24.6 Å². The second kappa shape index (κ2) is 11.3. The van der Waals surface area contributed by atoms with E-state index in [1.54, 1.807) is 0 Å². The van der Waals surface area contributed by atoms with Crippen LogP contribution in [0, 0.1) is 0 Å². The molecule has 0 unspecified atom stereocenters. The van der Waals surface area contributed by atoms with E-state index in [1.807, 2.05) is 6.33 Å². The van der Waals surface area contributed by atoms with E-state index in [9.17, 15) is 4.79 Å². The molecule has 0 atom stereocenters. The quantitative estimate of drug-likeness (QED) is 0.298. The van der Waals surface area contributed by atoms with E-state index >= 15 is 0 Å². The van der Waals surface area contributed by atoms with Crippen LogP contribution in [0.1, 0.15) is 83.2 Å². The maximum Gasteiger partial charge on any atom is 0.233 e. The van der Waals surface area contributed by atoms with Crippen molar-refractivity contribution in [2.24, 2.45) is 0 Å². The lowest BCUT2D eigenvalue weighted by atomic mass is 9.74. The fourth-order valence-corrected chi connectivity index (χ4v) is 8.77. The fraction of sp³-hybridized carbons (Fsp3) is 0.629. The standard InChI is InChI=1S/C35H46BrN7O/c1-23(2)43-22-37-30-19-29(39-34(33(30)43)38-25-7-8-25)24-6-9-28-31(16-24)42(27-17-26(18-27)40-12-4-3-5-13-40)21-35(28)10-14-41(15-11-35)32(44)20-36/h6,9,16,19,22-23,25-27H,3-5,7-8,10-15,17-18,20-21H2,1-2H3,(H,38,39)/t26-,27+. The number of halogens is 1. The van der Waals surface area contributed by atoms with Crippen molar-refractivity contribution in [3.8, 4) is 11.3 Å². The molecule has 1 amide bonds. The van der Waals surface area contributed by atoms with Crippen molar-refractivity contribution >= 4 is 44.4 Å². The maximum absolute atomic E-state index is 12.5. The molecule has 0 radical (unpaired) electrons. The molecule has 1 N–H and O–H groups in total. The van der Waals surface area contributed by atoms with E-state index in [2.05, 4.69) is 78.6 Å². The molecule has 2 aromatic heterocycles. The van der Waals surface area contributed by atoms with Gasteiger partial charge in [-0.15, -0.1) is 0 Å². The van der Waals surface area contributed by atoms with Gasteiger partial charge in [0.15, 0.2) is 5.82 Å². The lowest BCUT2D eigenvalue weighted by molar-refractivity contribution is -0.129. The van der Waals surface area contributed by atoms with Gasteiger partial charge in [0.05, 0.1) is 22.9 Å². The molecule has 8 nitrogen and oxygen atoms in total. The molecule has 44 heavy (non-hydrogen) atoms. The molecule has 0 bridgehead atoms. The summed E-state index contributed by atoms with van der Waals surface area (Å²) in [5.74, 6) is 1.18. The predicted molar refractivity (Wildman–Crippen MR) is 181 cm³/mol. The number of alkyl halides is 1. The topological polar surface area (TPSA) is 69.5 Å². The molecule has 5 aliphatic rings. The summed E-state index contributed by atoms with van der Waals surface area (Å²) in [5.41, 5.74) is 7.28. The van der Waals surface area contributed by atoms with Crippen LogP contribution in [-0.2, 0) is 10.2 Å². The number of rotatable bonds is 7. The number of hydrogen-bond donors (Lipinski definition) is 1.